The van der Waals surface area contributed by atoms with E-state index in [0.29, 0.717) is 18.9 Å². The molecule has 0 saturated carbocycles. The van der Waals surface area contributed by atoms with Crippen molar-refractivity contribution in [2.24, 2.45) is 0 Å². The molecule has 0 radical (unpaired) electrons. The van der Waals surface area contributed by atoms with Gasteiger partial charge in [-0.05, 0) is 54.4 Å². The average Bonchev–Trinajstić information content (AvgIpc) is 3.40. The fourth-order valence-electron chi connectivity index (χ4n) is 3.42. The fraction of sp³-hybridized carbons (Fsp3) is 0.250. The average molecular weight is 438 g/mol. The number of hydrogen-bond donors (Lipinski definition) is 1. The van der Waals surface area contributed by atoms with E-state index in [0.717, 1.165) is 38.4 Å². The van der Waals surface area contributed by atoms with Gasteiger partial charge in [0.2, 0.25) is 5.89 Å². The Morgan fingerprint density at radius 3 is 2.74 bits per heavy atom. The van der Waals surface area contributed by atoms with Gasteiger partial charge in [0.15, 0.2) is 6.10 Å². The van der Waals surface area contributed by atoms with E-state index in [2.05, 4.69) is 4.98 Å². The first kappa shape index (κ1) is 21.1. The summed E-state index contributed by atoms with van der Waals surface area (Å²) in [5, 5.41) is 12.4. The van der Waals surface area contributed by atoms with E-state index in [1.807, 2.05) is 60.8 Å². The summed E-state index contributed by atoms with van der Waals surface area (Å²) in [6, 6.07) is 15.5. The zero-order valence-electron chi connectivity index (χ0n) is 17.3. The summed E-state index contributed by atoms with van der Waals surface area (Å²) >= 11 is 1.56. The Morgan fingerprint density at radius 2 is 2.00 bits per heavy atom. The molecule has 0 aliphatic heterocycles. The highest BCUT2D eigenvalue weighted by Crippen LogP contribution is 2.35. The molecule has 2 aromatic heterocycles. The van der Waals surface area contributed by atoms with E-state index in [1.165, 1.54) is 0 Å². The van der Waals surface area contributed by atoms with Gasteiger partial charge in [0.1, 0.15) is 23.8 Å². The highest BCUT2D eigenvalue weighted by atomic mass is 32.1. The number of nitrogens with zero attached hydrogens (tertiary/aromatic N) is 1. The Bertz CT molecular complexity index is 1180. The lowest BCUT2D eigenvalue weighted by Gasteiger charge is -2.14. The predicted octanol–water partition coefficient (Wildman–Crippen LogP) is 5.48. The molecular weight excluding hydrogens is 414 g/mol. The van der Waals surface area contributed by atoms with Crippen LogP contribution in [-0.4, -0.2) is 28.8 Å². The number of benzene rings is 2. The number of fused-ring (bicyclic) bond motifs is 1. The van der Waals surface area contributed by atoms with Crippen molar-refractivity contribution in [3.05, 3.63) is 70.9 Å². The maximum absolute atomic E-state index is 11.5. The maximum atomic E-state index is 11.5. The number of oxazole rings is 1. The molecule has 7 heteroatoms. The predicted molar refractivity (Wildman–Crippen MR) is 120 cm³/mol. The van der Waals surface area contributed by atoms with Crippen LogP contribution >= 0.6 is 11.3 Å². The monoisotopic (exact) mass is 437 g/mol. The van der Waals surface area contributed by atoms with Crippen LogP contribution in [0.2, 0.25) is 0 Å². The minimum atomic E-state index is -0.957. The third-order valence-electron chi connectivity index (χ3n) is 5.00. The van der Waals surface area contributed by atoms with Crippen molar-refractivity contribution in [3.63, 3.8) is 0 Å². The van der Waals surface area contributed by atoms with Crippen molar-refractivity contribution in [1.82, 2.24) is 4.98 Å². The van der Waals surface area contributed by atoms with Crippen LogP contribution in [0.15, 0.2) is 58.3 Å². The van der Waals surface area contributed by atoms with Crippen molar-refractivity contribution in [1.29, 1.82) is 0 Å². The van der Waals surface area contributed by atoms with Gasteiger partial charge in [-0.2, -0.15) is 0 Å². The lowest BCUT2D eigenvalue weighted by Crippen LogP contribution is -2.26. The van der Waals surface area contributed by atoms with Gasteiger partial charge in [-0.15, -0.1) is 11.3 Å². The molecule has 0 bridgehead atoms. The fourth-order valence-corrected chi connectivity index (χ4v) is 4.33. The highest BCUT2D eigenvalue weighted by Gasteiger charge is 2.20. The first-order valence-electron chi connectivity index (χ1n) is 10.0. The van der Waals surface area contributed by atoms with Gasteiger partial charge in [-0.3, -0.25) is 0 Å². The van der Waals surface area contributed by atoms with E-state index in [-0.39, 0.29) is 6.61 Å². The molecule has 0 aliphatic rings. The molecule has 4 rings (SSSR count). The van der Waals surface area contributed by atoms with E-state index >= 15 is 0 Å². The standard InChI is InChI=1S/C24H23NO5S/c1-3-28-21(24(26)27)13-17-9-10-20(22-18(17)11-12-31-22)29-14-19-15(2)30-23(25-19)16-7-5-4-6-8-16/h4-12,21H,3,13-14H2,1-2H3,(H,26,27). The largest absolute Gasteiger partial charge is 0.486 e. The quantitative estimate of drug-likeness (QED) is 0.374. The number of hydrogen-bond acceptors (Lipinski definition) is 6. The Balaban J connectivity index is 1.53. The molecule has 1 N–H and O–H groups in total. The minimum Gasteiger partial charge on any atom is -0.486 e. The highest BCUT2D eigenvalue weighted by molar-refractivity contribution is 7.17. The first-order valence-corrected chi connectivity index (χ1v) is 10.9. The van der Waals surface area contributed by atoms with E-state index in [1.54, 1.807) is 18.3 Å². The van der Waals surface area contributed by atoms with Crippen LogP contribution in [0.1, 0.15) is 23.9 Å². The van der Waals surface area contributed by atoms with Crippen LogP contribution < -0.4 is 4.74 Å². The van der Waals surface area contributed by atoms with Crippen molar-refractivity contribution in [3.8, 4) is 17.2 Å². The molecule has 0 fully saturated rings. The number of thiophene rings is 1. The Morgan fingerprint density at radius 1 is 1.19 bits per heavy atom. The number of aryl methyl sites for hydroxylation is 1. The Labute approximate surface area is 184 Å². The van der Waals surface area contributed by atoms with E-state index in [4.69, 9.17) is 13.9 Å². The normalized spacial score (nSPS) is 12.2. The van der Waals surface area contributed by atoms with E-state index < -0.39 is 12.1 Å². The Kier molecular flexibility index (Phi) is 6.34. The molecule has 4 aromatic rings. The lowest BCUT2D eigenvalue weighted by atomic mass is 10.0. The SMILES string of the molecule is CCOC(Cc1ccc(OCc2nc(-c3ccccc3)oc2C)c2sccc12)C(=O)O. The molecule has 0 saturated heterocycles. The molecule has 160 valence electrons. The van der Waals surface area contributed by atoms with Gasteiger partial charge in [0.05, 0.1) is 4.70 Å². The molecule has 31 heavy (non-hydrogen) atoms. The summed E-state index contributed by atoms with van der Waals surface area (Å²) in [5.74, 6) is 1.07. The van der Waals surface area contributed by atoms with Crippen molar-refractivity contribution in [2.45, 2.75) is 33.0 Å². The minimum absolute atomic E-state index is 0.283. The number of aliphatic carboxylic acids is 1. The van der Waals surface area contributed by atoms with Gasteiger partial charge >= 0.3 is 5.97 Å². The van der Waals surface area contributed by atoms with Crippen molar-refractivity contribution in [2.75, 3.05) is 6.61 Å². The molecule has 6 nitrogen and oxygen atoms in total. The number of carboxylic acid groups (broad SMARTS) is 1. The Hall–Kier alpha value is -3.16. The number of carboxylic acids is 1. The first-order chi connectivity index (χ1) is 15.1. The van der Waals surface area contributed by atoms with Gasteiger partial charge in [-0.1, -0.05) is 24.3 Å². The molecule has 2 aromatic carbocycles. The van der Waals surface area contributed by atoms with Gasteiger partial charge in [0, 0.05) is 18.6 Å². The molecule has 0 aliphatic carbocycles. The summed E-state index contributed by atoms with van der Waals surface area (Å²) in [4.78, 5) is 16.1. The van der Waals surface area contributed by atoms with Crippen LogP contribution in [0.4, 0.5) is 0 Å². The molecule has 2 heterocycles. The summed E-state index contributed by atoms with van der Waals surface area (Å²) in [5.41, 5.74) is 2.59. The topological polar surface area (TPSA) is 81.8 Å². The number of rotatable bonds is 9. The second kappa shape index (κ2) is 9.32. The van der Waals surface area contributed by atoms with Crippen molar-refractivity contribution >= 4 is 27.4 Å². The summed E-state index contributed by atoms with van der Waals surface area (Å²) < 4.78 is 18.2. The molecule has 1 unspecified atom stereocenters. The number of aromatic nitrogens is 1. The second-order valence-electron chi connectivity index (χ2n) is 7.05. The molecule has 1 atom stereocenters. The summed E-state index contributed by atoms with van der Waals surface area (Å²) in [7, 11) is 0. The third-order valence-corrected chi connectivity index (χ3v) is 5.93. The van der Waals surface area contributed by atoms with Crippen LogP contribution in [-0.2, 0) is 22.6 Å². The summed E-state index contributed by atoms with van der Waals surface area (Å²) in [6.07, 6.45) is -0.562. The zero-order chi connectivity index (χ0) is 21.8. The maximum Gasteiger partial charge on any atom is 0.333 e. The van der Waals surface area contributed by atoms with Crippen LogP contribution in [0, 0.1) is 6.92 Å². The van der Waals surface area contributed by atoms with Crippen LogP contribution in [0.5, 0.6) is 5.75 Å². The number of ether oxygens (including phenoxy) is 2. The third kappa shape index (κ3) is 4.62. The molecule has 0 amide bonds. The van der Waals surface area contributed by atoms with E-state index in [9.17, 15) is 9.90 Å². The van der Waals surface area contributed by atoms with Gasteiger partial charge in [-0.25, -0.2) is 9.78 Å². The smallest absolute Gasteiger partial charge is 0.333 e. The lowest BCUT2D eigenvalue weighted by molar-refractivity contribution is -0.149. The van der Waals surface area contributed by atoms with Crippen molar-refractivity contribution < 1.29 is 23.8 Å². The second-order valence-corrected chi connectivity index (χ2v) is 7.97. The van der Waals surface area contributed by atoms with Gasteiger partial charge in [0.25, 0.3) is 0 Å². The van der Waals surface area contributed by atoms with Gasteiger partial charge < -0.3 is 19.0 Å². The zero-order valence-corrected chi connectivity index (χ0v) is 18.1. The van der Waals surface area contributed by atoms with Crippen LogP contribution in [0.25, 0.3) is 21.5 Å². The molecular formula is C24H23NO5S. The van der Waals surface area contributed by atoms with Crippen LogP contribution in [0.3, 0.4) is 0 Å². The molecule has 0 spiro atoms. The summed E-state index contributed by atoms with van der Waals surface area (Å²) in [6.45, 7) is 4.31. The number of carbonyl (C=O) groups is 1.